The summed E-state index contributed by atoms with van der Waals surface area (Å²) in [6.45, 7) is 4.00. The van der Waals surface area contributed by atoms with Gasteiger partial charge >= 0.3 is 0 Å². The Hall–Kier alpha value is -0.760. The summed E-state index contributed by atoms with van der Waals surface area (Å²) in [4.78, 5) is 3.69. The molecule has 0 radical (unpaired) electrons. The molecule has 0 aliphatic carbocycles. The summed E-state index contributed by atoms with van der Waals surface area (Å²) in [5, 5.41) is 8.59. The summed E-state index contributed by atoms with van der Waals surface area (Å²) in [5.74, 6) is 0.259. The predicted molar refractivity (Wildman–Crippen MR) is 44.5 cm³/mol. The van der Waals surface area contributed by atoms with Gasteiger partial charge in [-0.15, -0.1) is 12.4 Å². The van der Waals surface area contributed by atoms with Gasteiger partial charge in [0.1, 0.15) is 5.75 Å². The molecule has 0 atom stereocenters. The predicted octanol–water partition coefficient (Wildman–Crippen LogP) is 2.24. The number of halogens is 1. The van der Waals surface area contributed by atoms with E-state index in [4.69, 9.17) is 5.11 Å². The Kier molecular flexibility index (Phi) is 9.86. The van der Waals surface area contributed by atoms with E-state index in [1.54, 1.807) is 0 Å². The van der Waals surface area contributed by atoms with Gasteiger partial charge in [-0.05, 0) is 12.1 Å². The van der Waals surface area contributed by atoms with Crippen molar-refractivity contribution in [3.63, 3.8) is 0 Å². The zero-order valence-electron chi connectivity index (χ0n) is 6.11. The summed E-state index contributed by atoms with van der Waals surface area (Å²) in [7, 11) is 0. The monoisotopic (exact) mass is 161 g/mol. The number of nitrogens with zero attached hydrogens (tertiary/aromatic N) is 1. The highest BCUT2D eigenvalue weighted by Crippen LogP contribution is 2.00. The fourth-order valence-corrected chi connectivity index (χ4v) is 0.344. The lowest BCUT2D eigenvalue weighted by Gasteiger charge is -1.82. The molecule has 0 saturated carbocycles. The van der Waals surface area contributed by atoms with Crippen LogP contribution in [0.25, 0.3) is 0 Å². The van der Waals surface area contributed by atoms with Crippen LogP contribution in [0.5, 0.6) is 5.75 Å². The highest BCUT2D eigenvalue weighted by atomic mass is 35.5. The van der Waals surface area contributed by atoms with Gasteiger partial charge in [-0.1, -0.05) is 13.8 Å². The van der Waals surface area contributed by atoms with Gasteiger partial charge in [0.2, 0.25) is 0 Å². The molecule has 1 rings (SSSR count). The van der Waals surface area contributed by atoms with E-state index in [1.165, 1.54) is 24.5 Å². The standard InChI is InChI=1S/C5H5NO.C2H6.ClH/c7-5-1-3-6-4-2-5;1-2;/h1-4H,(H,6,7);1-2H3;1H. The Balaban J connectivity index is 0. The van der Waals surface area contributed by atoms with Crippen LogP contribution in [0.4, 0.5) is 0 Å². The first kappa shape index (κ1) is 12.0. The molecule has 1 heterocycles. The summed E-state index contributed by atoms with van der Waals surface area (Å²) in [5.41, 5.74) is 0. The summed E-state index contributed by atoms with van der Waals surface area (Å²) in [6, 6.07) is 3.06. The van der Waals surface area contributed by atoms with Gasteiger partial charge in [0.25, 0.3) is 0 Å². The van der Waals surface area contributed by atoms with Gasteiger partial charge in [-0.3, -0.25) is 4.98 Å². The van der Waals surface area contributed by atoms with Crippen LogP contribution < -0.4 is 0 Å². The maximum atomic E-state index is 8.59. The quantitative estimate of drug-likeness (QED) is 0.633. The molecule has 0 bridgehead atoms. The molecule has 0 spiro atoms. The van der Waals surface area contributed by atoms with Crippen molar-refractivity contribution < 1.29 is 5.11 Å². The van der Waals surface area contributed by atoms with E-state index in [0.717, 1.165) is 0 Å². The molecule has 58 valence electrons. The van der Waals surface area contributed by atoms with Crippen molar-refractivity contribution in [3.8, 4) is 5.75 Å². The Labute approximate surface area is 67.3 Å². The summed E-state index contributed by atoms with van der Waals surface area (Å²) >= 11 is 0. The van der Waals surface area contributed by atoms with Crippen LogP contribution in [0.2, 0.25) is 0 Å². The first-order valence-corrected chi connectivity index (χ1v) is 2.98. The van der Waals surface area contributed by atoms with Crippen molar-refractivity contribution in [2.75, 3.05) is 0 Å². The highest BCUT2D eigenvalue weighted by molar-refractivity contribution is 5.85. The van der Waals surface area contributed by atoms with Crippen molar-refractivity contribution in [3.05, 3.63) is 24.5 Å². The van der Waals surface area contributed by atoms with Crippen LogP contribution in [0.3, 0.4) is 0 Å². The van der Waals surface area contributed by atoms with Gasteiger partial charge in [0.05, 0.1) is 0 Å². The van der Waals surface area contributed by atoms with E-state index < -0.39 is 0 Å². The van der Waals surface area contributed by atoms with Crippen LogP contribution in [0.1, 0.15) is 13.8 Å². The van der Waals surface area contributed by atoms with E-state index in [-0.39, 0.29) is 18.2 Å². The van der Waals surface area contributed by atoms with Gasteiger partial charge in [-0.25, -0.2) is 0 Å². The van der Waals surface area contributed by atoms with Crippen LogP contribution in [-0.4, -0.2) is 10.1 Å². The minimum Gasteiger partial charge on any atom is -0.508 e. The van der Waals surface area contributed by atoms with E-state index >= 15 is 0 Å². The van der Waals surface area contributed by atoms with Gasteiger partial charge in [0.15, 0.2) is 0 Å². The summed E-state index contributed by atoms with van der Waals surface area (Å²) < 4.78 is 0. The molecule has 10 heavy (non-hydrogen) atoms. The van der Waals surface area contributed by atoms with Crippen molar-refractivity contribution in [1.82, 2.24) is 4.98 Å². The lowest BCUT2D eigenvalue weighted by molar-refractivity contribution is 0.474. The molecule has 1 aromatic rings. The minimum absolute atomic E-state index is 0. The third kappa shape index (κ3) is 5.38. The maximum absolute atomic E-state index is 8.59. The van der Waals surface area contributed by atoms with Crippen LogP contribution in [0.15, 0.2) is 24.5 Å². The molecule has 2 nitrogen and oxygen atoms in total. The third-order valence-electron chi connectivity index (χ3n) is 0.663. The minimum atomic E-state index is 0. The molecule has 0 aliphatic rings. The second-order valence-electron chi connectivity index (χ2n) is 1.21. The zero-order chi connectivity index (χ0) is 7.11. The van der Waals surface area contributed by atoms with Gasteiger partial charge in [0, 0.05) is 12.4 Å². The van der Waals surface area contributed by atoms with Crippen molar-refractivity contribution in [1.29, 1.82) is 0 Å². The maximum Gasteiger partial charge on any atom is 0.118 e. The van der Waals surface area contributed by atoms with Crippen molar-refractivity contribution in [2.45, 2.75) is 13.8 Å². The Morgan fingerprint density at radius 3 is 1.80 bits per heavy atom. The molecule has 0 unspecified atom stereocenters. The molecular weight excluding hydrogens is 150 g/mol. The number of hydrogen-bond acceptors (Lipinski definition) is 2. The summed E-state index contributed by atoms with van der Waals surface area (Å²) in [6.07, 6.45) is 3.07. The van der Waals surface area contributed by atoms with E-state index in [2.05, 4.69) is 4.98 Å². The first-order chi connectivity index (χ1) is 4.39. The van der Waals surface area contributed by atoms with Gasteiger partial charge in [-0.2, -0.15) is 0 Å². The molecule has 3 heteroatoms. The van der Waals surface area contributed by atoms with Crippen LogP contribution in [-0.2, 0) is 0 Å². The lowest BCUT2D eigenvalue weighted by Crippen LogP contribution is -1.63. The third-order valence-corrected chi connectivity index (χ3v) is 0.663. The number of rotatable bonds is 0. The average molecular weight is 162 g/mol. The van der Waals surface area contributed by atoms with E-state index in [0.29, 0.717) is 0 Å². The normalized spacial score (nSPS) is 6.60. The molecule has 0 fully saturated rings. The van der Waals surface area contributed by atoms with E-state index in [9.17, 15) is 0 Å². The molecule has 0 aliphatic heterocycles. The van der Waals surface area contributed by atoms with Crippen LogP contribution >= 0.6 is 12.4 Å². The highest BCUT2D eigenvalue weighted by Gasteiger charge is 1.75. The smallest absolute Gasteiger partial charge is 0.118 e. The second-order valence-corrected chi connectivity index (χ2v) is 1.21. The Morgan fingerprint density at radius 1 is 1.20 bits per heavy atom. The molecular formula is C7H12ClNO. The fraction of sp³-hybridized carbons (Fsp3) is 0.286. The van der Waals surface area contributed by atoms with Crippen molar-refractivity contribution >= 4 is 12.4 Å². The number of aromatic nitrogens is 1. The number of hydrogen-bond donors (Lipinski definition) is 1. The largest absolute Gasteiger partial charge is 0.508 e. The molecule has 0 aromatic carbocycles. The zero-order valence-corrected chi connectivity index (χ0v) is 6.93. The van der Waals surface area contributed by atoms with E-state index in [1.807, 2.05) is 13.8 Å². The molecule has 0 saturated heterocycles. The van der Waals surface area contributed by atoms with Crippen LogP contribution in [0, 0.1) is 0 Å². The average Bonchev–Trinajstić information content (AvgIpc) is 1.94. The topological polar surface area (TPSA) is 33.1 Å². The molecule has 1 N–H and O–H groups in total. The Morgan fingerprint density at radius 2 is 1.60 bits per heavy atom. The fourth-order valence-electron chi connectivity index (χ4n) is 0.344. The second kappa shape index (κ2) is 8.24. The lowest BCUT2D eigenvalue weighted by atomic mass is 10.5. The first-order valence-electron chi connectivity index (χ1n) is 2.98. The number of aromatic hydroxyl groups is 1. The van der Waals surface area contributed by atoms with Crippen molar-refractivity contribution in [2.24, 2.45) is 0 Å². The molecule has 0 amide bonds. The Bertz CT molecular complexity index is 144. The van der Waals surface area contributed by atoms with Gasteiger partial charge < -0.3 is 5.11 Å². The number of pyridine rings is 1. The molecule has 1 aromatic heterocycles. The SMILES string of the molecule is CC.Cl.Oc1ccncc1.